The molecule has 7 heteroatoms. The lowest BCUT2D eigenvalue weighted by Gasteiger charge is -2.17. The summed E-state index contributed by atoms with van der Waals surface area (Å²) in [7, 11) is 3.29. The molecule has 0 fully saturated rings. The van der Waals surface area contributed by atoms with Crippen molar-refractivity contribution in [3.8, 4) is 5.75 Å². The molecule has 1 aromatic carbocycles. The predicted octanol–water partition coefficient (Wildman–Crippen LogP) is 2.44. The van der Waals surface area contributed by atoms with Crippen molar-refractivity contribution in [3.05, 3.63) is 29.1 Å². The predicted molar refractivity (Wildman–Crippen MR) is 86.4 cm³/mol. The summed E-state index contributed by atoms with van der Waals surface area (Å²) in [5, 5.41) is 3.71. The van der Waals surface area contributed by atoms with Gasteiger partial charge in [0.2, 0.25) is 0 Å². The molecule has 3 N–H and O–H groups in total. The number of nitrogens with two attached hydrogens (primary N) is 1. The molecule has 0 bridgehead atoms. The first-order chi connectivity index (χ1) is 10.1. The maximum Gasteiger partial charge on any atom is 0.272 e. The lowest BCUT2D eigenvalue weighted by atomic mass is 10.2. The van der Waals surface area contributed by atoms with Crippen LogP contribution in [0.4, 0.5) is 16.6 Å². The number of ether oxygens (including phenoxy) is 1. The minimum atomic E-state index is -0.192. The van der Waals surface area contributed by atoms with Crippen LogP contribution >= 0.6 is 11.3 Å². The number of thiazole rings is 1. The lowest BCUT2D eigenvalue weighted by Crippen LogP contribution is -2.26. The zero-order chi connectivity index (χ0) is 15.4. The molecule has 21 heavy (non-hydrogen) atoms. The average molecular weight is 306 g/mol. The number of methoxy groups -OCH3 is 1. The molecule has 0 saturated carbocycles. The fraction of sp³-hybridized carbons (Fsp3) is 0.286. The first kappa shape index (κ1) is 15.1. The van der Waals surface area contributed by atoms with Gasteiger partial charge in [-0.25, -0.2) is 4.98 Å². The van der Waals surface area contributed by atoms with Gasteiger partial charge < -0.3 is 20.7 Å². The van der Waals surface area contributed by atoms with E-state index in [0.717, 1.165) is 12.2 Å². The van der Waals surface area contributed by atoms with Gasteiger partial charge in [-0.3, -0.25) is 4.79 Å². The van der Waals surface area contributed by atoms with E-state index >= 15 is 0 Å². The van der Waals surface area contributed by atoms with Crippen LogP contribution in [0.2, 0.25) is 0 Å². The summed E-state index contributed by atoms with van der Waals surface area (Å²) >= 11 is 1.26. The summed E-state index contributed by atoms with van der Waals surface area (Å²) in [4.78, 5) is 18.6. The molecular weight excluding hydrogens is 288 g/mol. The van der Waals surface area contributed by atoms with Gasteiger partial charge >= 0.3 is 0 Å². The summed E-state index contributed by atoms with van der Waals surface area (Å²) < 4.78 is 5.17. The summed E-state index contributed by atoms with van der Waals surface area (Å²) in [6, 6.07) is 7.29. The van der Waals surface area contributed by atoms with Crippen LogP contribution in [0.5, 0.6) is 5.75 Å². The Kier molecular flexibility index (Phi) is 4.64. The highest BCUT2D eigenvalue weighted by Crippen LogP contribution is 2.28. The fourth-order valence-electron chi connectivity index (χ4n) is 1.80. The number of carbonyl (C=O) groups excluding carboxylic acids is 1. The molecule has 0 spiro atoms. The lowest BCUT2D eigenvalue weighted by molar-refractivity contribution is 0.0997. The number of rotatable bonds is 5. The van der Waals surface area contributed by atoms with Crippen molar-refractivity contribution in [2.24, 2.45) is 0 Å². The molecule has 0 saturated heterocycles. The minimum absolute atomic E-state index is 0.192. The third kappa shape index (κ3) is 3.25. The Morgan fingerprint density at radius 2 is 2.29 bits per heavy atom. The number of nitrogens with zero attached hydrogens (tertiary/aromatic N) is 2. The van der Waals surface area contributed by atoms with Crippen LogP contribution < -0.4 is 20.7 Å². The van der Waals surface area contributed by atoms with E-state index in [1.165, 1.54) is 16.2 Å². The van der Waals surface area contributed by atoms with Crippen molar-refractivity contribution in [3.63, 3.8) is 0 Å². The number of hydrogen-bond acceptors (Lipinski definition) is 6. The number of hydrogen-bond donors (Lipinski definition) is 2. The number of anilines is 3. The van der Waals surface area contributed by atoms with Crippen molar-refractivity contribution in [1.29, 1.82) is 0 Å². The molecule has 1 aromatic heterocycles. The smallest absolute Gasteiger partial charge is 0.272 e. The summed E-state index contributed by atoms with van der Waals surface area (Å²) in [5.41, 5.74) is 6.57. The molecule has 1 heterocycles. The number of benzene rings is 1. The number of carbonyl (C=O) groups is 1. The molecule has 0 aliphatic carbocycles. The minimum Gasteiger partial charge on any atom is -0.497 e. The summed E-state index contributed by atoms with van der Waals surface area (Å²) in [6.45, 7) is 2.69. The van der Waals surface area contributed by atoms with Gasteiger partial charge in [-0.15, -0.1) is 0 Å². The molecule has 112 valence electrons. The number of nitrogens with one attached hydrogen (secondary N) is 1. The van der Waals surface area contributed by atoms with Crippen molar-refractivity contribution < 1.29 is 9.53 Å². The molecule has 0 aliphatic heterocycles. The number of amides is 1. The van der Waals surface area contributed by atoms with Crippen LogP contribution in [0.25, 0.3) is 0 Å². The highest BCUT2D eigenvalue weighted by Gasteiger charge is 2.21. The van der Waals surface area contributed by atoms with Crippen LogP contribution in [0.3, 0.4) is 0 Å². The van der Waals surface area contributed by atoms with Crippen LogP contribution in [0.15, 0.2) is 24.3 Å². The van der Waals surface area contributed by atoms with Crippen LogP contribution in [-0.4, -0.2) is 31.6 Å². The van der Waals surface area contributed by atoms with Crippen LogP contribution in [-0.2, 0) is 0 Å². The first-order valence-corrected chi connectivity index (χ1v) is 7.30. The normalized spacial score (nSPS) is 10.2. The molecule has 0 aliphatic rings. The summed E-state index contributed by atoms with van der Waals surface area (Å²) in [6.07, 6.45) is 0. The molecule has 2 rings (SSSR count). The zero-order valence-electron chi connectivity index (χ0n) is 12.2. The molecular formula is C14H18N4O2S. The van der Waals surface area contributed by atoms with E-state index in [1.54, 1.807) is 20.2 Å². The Morgan fingerprint density at radius 1 is 1.52 bits per heavy atom. The Bertz CT molecular complexity index is 642. The largest absolute Gasteiger partial charge is 0.497 e. The third-order valence-corrected chi connectivity index (χ3v) is 3.94. The Labute approximate surface area is 127 Å². The number of nitrogen functional groups attached to an aromatic ring is 1. The van der Waals surface area contributed by atoms with E-state index in [1.807, 2.05) is 25.1 Å². The molecule has 0 atom stereocenters. The van der Waals surface area contributed by atoms with Gasteiger partial charge in [-0.2, -0.15) is 0 Å². The van der Waals surface area contributed by atoms with Gasteiger partial charge in [0.15, 0.2) is 5.13 Å². The van der Waals surface area contributed by atoms with Gasteiger partial charge in [0, 0.05) is 25.3 Å². The Morgan fingerprint density at radius 3 is 2.95 bits per heavy atom. The van der Waals surface area contributed by atoms with Crippen LogP contribution in [0.1, 0.15) is 16.6 Å². The van der Waals surface area contributed by atoms with Crippen molar-refractivity contribution in [2.45, 2.75) is 6.92 Å². The van der Waals surface area contributed by atoms with Crippen molar-refractivity contribution in [1.82, 2.24) is 4.98 Å². The SMILES string of the molecule is CCNc1nc(N)c(C(=O)N(C)c2cccc(OC)c2)s1. The van der Waals surface area contributed by atoms with Gasteiger partial charge in [0.25, 0.3) is 5.91 Å². The van der Waals surface area contributed by atoms with Gasteiger partial charge in [-0.1, -0.05) is 17.4 Å². The second-order valence-corrected chi connectivity index (χ2v) is 5.33. The molecule has 2 aromatic rings. The van der Waals surface area contributed by atoms with Gasteiger partial charge in [0.05, 0.1) is 7.11 Å². The zero-order valence-corrected chi connectivity index (χ0v) is 13.0. The van der Waals surface area contributed by atoms with E-state index < -0.39 is 0 Å². The monoisotopic (exact) mass is 306 g/mol. The highest BCUT2D eigenvalue weighted by molar-refractivity contribution is 7.18. The first-order valence-electron chi connectivity index (χ1n) is 6.49. The Balaban J connectivity index is 2.26. The third-order valence-electron chi connectivity index (χ3n) is 2.92. The fourth-order valence-corrected chi connectivity index (χ4v) is 2.73. The summed E-state index contributed by atoms with van der Waals surface area (Å²) in [5.74, 6) is 0.746. The molecule has 1 amide bonds. The second kappa shape index (κ2) is 6.45. The molecule has 0 unspecified atom stereocenters. The highest BCUT2D eigenvalue weighted by atomic mass is 32.1. The molecule has 6 nitrogen and oxygen atoms in total. The van der Waals surface area contributed by atoms with E-state index in [0.29, 0.717) is 15.8 Å². The van der Waals surface area contributed by atoms with E-state index in [4.69, 9.17) is 10.5 Å². The van der Waals surface area contributed by atoms with E-state index in [2.05, 4.69) is 10.3 Å². The number of aromatic nitrogens is 1. The van der Waals surface area contributed by atoms with E-state index in [-0.39, 0.29) is 11.7 Å². The van der Waals surface area contributed by atoms with Crippen molar-refractivity contribution >= 4 is 33.9 Å². The second-order valence-electron chi connectivity index (χ2n) is 4.33. The Hall–Kier alpha value is -2.28. The van der Waals surface area contributed by atoms with Crippen LogP contribution in [0, 0.1) is 0 Å². The average Bonchev–Trinajstić information content (AvgIpc) is 2.87. The van der Waals surface area contributed by atoms with Crippen molar-refractivity contribution in [2.75, 3.05) is 36.7 Å². The van der Waals surface area contributed by atoms with E-state index in [9.17, 15) is 4.79 Å². The van der Waals surface area contributed by atoms with Gasteiger partial charge in [0.1, 0.15) is 16.4 Å². The topological polar surface area (TPSA) is 80.5 Å². The quantitative estimate of drug-likeness (QED) is 0.887. The standard InChI is InChI=1S/C14H18N4O2S/c1-4-16-14-17-12(15)11(21-14)13(19)18(2)9-6-5-7-10(8-9)20-3/h5-8H,4,15H2,1-3H3,(H,16,17). The molecule has 0 radical (unpaired) electrons. The van der Waals surface area contributed by atoms with Gasteiger partial charge in [-0.05, 0) is 19.1 Å². The maximum atomic E-state index is 12.5. The maximum absolute atomic E-state index is 12.5.